The Labute approximate surface area is 135 Å². The Kier molecular flexibility index (Phi) is 3.74. The standard InChI is InChI=1S/C19H18N2O2/c1-12-6-7-15(9-13(12)2)18-10-17(19(22)23)14(3)21(18)16-5-4-8-20-11-16/h4-11H,1-3H3,(H,22,23). The average molecular weight is 306 g/mol. The van der Waals surface area contributed by atoms with E-state index in [1.807, 2.05) is 29.7 Å². The molecule has 0 aliphatic carbocycles. The number of nitrogens with zero attached hydrogens (tertiary/aromatic N) is 2. The Bertz CT molecular complexity index is 880. The van der Waals surface area contributed by atoms with Crippen LogP contribution >= 0.6 is 0 Å². The summed E-state index contributed by atoms with van der Waals surface area (Å²) >= 11 is 0. The third-order valence-electron chi connectivity index (χ3n) is 4.18. The summed E-state index contributed by atoms with van der Waals surface area (Å²) < 4.78 is 1.94. The number of aryl methyl sites for hydroxylation is 2. The Balaban J connectivity index is 2.29. The molecule has 0 atom stereocenters. The van der Waals surface area contributed by atoms with Crippen molar-refractivity contribution in [2.45, 2.75) is 20.8 Å². The highest BCUT2D eigenvalue weighted by Gasteiger charge is 2.19. The molecule has 0 amide bonds. The van der Waals surface area contributed by atoms with Gasteiger partial charge in [-0.3, -0.25) is 4.98 Å². The van der Waals surface area contributed by atoms with Crippen LogP contribution in [0.4, 0.5) is 0 Å². The van der Waals surface area contributed by atoms with Crippen LogP contribution in [0.5, 0.6) is 0 Å². The van der Waals surface area contributed by atoms with E-state index in [1.54, 1.807) is 18.5 Å². The summed E-state index contributed by atoms with van der Waals surface area (Å²) in [5.74, 6) is -0.921. The number of aromatic carboxylic acids is 1. The molecule has 0 aliphatic rings. The van der Waals surface area contributed by atoms with Gasteiger partial charge in [0.1, 0.15) is 0 Å². The maximum Gasteiger partial charge on any atom is 0.337 e. The minimum atomic E-state index is -0.921. The average Bonchev–Trinajstić information content (AvgIpc) is 2.88. The first-order chi connectivity index (χ1) is 11.0. The third kappa shape index (κ3) is 2.63. The maximum absolute atomic E-state index is 11.5. The predicted molar refractivity (Wildman–Crippen MR) is 90.2 cm³/mol. The second kappa shape index (κ2) is 5.72. The molecule has 0 saturated heterocycles. The number of pyridine rings is 1. The van der Waals surface area contributed by atoms with Crippen LogP contribution in [-0.2, 0) is 0 Å². The van der Waals surface area contributed by atoms with Crippen LogP contribution in [0.25, 0.3) is 16.9 Å². The summed E-state index contributed by atoms with van der Waals surface area (Å²) in [6.45, 7) is 5.94. The van der Waals surface area contributed by atoms with Crippen LogP contribution in [0.15, 0.2) is 48.8 Å². The lowest BCUT2D eigenvalue weighted by Crippen LogP contribution is -2.02. The highest BCUT2D eigenvalue weighted by molar-refractivity contribution is 5.91. The molecule has 0 saturated carbocycles. The fourth-order valence-corrected chi connectivity index (χ4v) is 2.76. The largest absolute Gasteiger partial charge is 0.478 e. The van der Waals surface area contributed by atoms with Gasteiger partial charge >= 0.3 is 5.97 Å². The fourth-order valence-electron chi connectivity index (χ4n) is 2.76. The summed E-state index contributed by atoms with van der Waals surface area (Å²) in [4.78, 5) is 15.7. The molecule has 1 aromatic carbocycles. The number of carboxylic acid groups (broad SMARTS) is 1. The minimum absolute atomic E-state index is 0.307. The molecule has 116 valence electrons. The molecular formula is C19H18N2O2. The van der Waals surface area contributed by atoms with E-state index in [-0.39, 0.29) is 0 Å². The zero-order chi connectivity index (χ0) is 16.6. The van der Waals surface area contributed by atoms with Crippen LogP contribution in [-0.4, -0.2) is 20.6 Å². The van der Waals surface area contributed by atoms with Crippen LogP contribution in [0.1, 0.15) is 27.2 Å². The molecule has 23 heavy (non-hydrogen) atoms. The Morgan fingerprint density at radius 2 is 1.87 bits per heavy atom. The first-order valence-electron chi connectivity index (χ1n) is 7.42. The summed E-state index contributed by atoms with van der Waals surface area (Å²) in [6, 6.07) is 11.7. The van der Waals surface area contributed by atoms with E-state index >= 15 is 0 Å². The predicted octanol–water partition coefficient (Wildman–Crippen LogP) is 4.16. The molecule has 0 fully saturated rings. The monoisotopic (exact) mass is 306 g/mol. The number of carboxylic acids is 1. The minimum Gasteiger partial charge on any atom is -0.478 e. The summed E-state index contributed by atoms with van der Waals surface area (Å²) in [5.41, 5.74) is 6.09. The van der Waals surface area contributed by atoms with Gasteiger partial charge in [-0.15, -0.1) is 0 Å². The zero-order valence-corrected chi connectivity index (χ0v) is 13.4. The number of hydrogen-bond acceptors (Lipinski definition) is 2. The molecule has 4 heteroatoms. The van der Waals surface area contributed by atoms with Gasteiger partial charge < -0.3 is 9.67 Å². The highest BCUT2D eigenvalue weighted by Crippen LogP contribution is 2.30. The molecule has 0 bridgehead atoms. The molecule has 3 rings (SSSR count). The van der Waals surface area contributed by atoms with Gasteiger partial charge in [0, 0.05) is 11.9 Å². The Morgan fingerprint density at radius 1 is 1.09 bits per heavy atom. The van der Waals surface area contributed by atoms with Gasteiger partial charge in [0.25, 0.3) is 0 Å². The molecule has 2 aromatic heterocycles. The number of carbonyl (C=O) groups is 1. The van der Waals surface area contributed by atoms with Crippen molar-refractivity contribution in [3.8, 4) is 16.9 Å². The Morgan fingerprint density at radius 3 is 2.48 bits per heavy atom. The van der Waals surface area contributed by atoms with E-state index in [0.29, 0.717) is 11.3 Å². The summed E-state index contributed by atoms with van der Waals surface area (Å²) in [5, 5.41) is 9.47. The third-order valence-corrected chi connectivity index (χ3v) is 4.18. The molecule has 4 nitrogen and oxygen atoms in total. The maximum atomic E-state index is 11.5. The van der Waals surface area contributed by atoms with Crippen LogP contribution in [0.3, 0.4) is 0 Å². The van der Waals surface area contributed by atoms with Crippen LogP contribution in [0, 0.1) is 20.8 Å². The van der Waals surface area contributed by atoms with Crippen molar-refractivity contribution < 1.29 is 9.90 Å². The van der Waals surface area contributed by atoms with E-state index < -0.39 is 5.97 Å². The first kappa shape index (κ1) is 15.0. The first-order valence-corrected chi connectivity index (χ1v) is 7.42. The molecule has 0 spiro atoms. The highest BCUT2D eigenvalue weighted by atomic mass is 16.4. The SMILES string of the molecule is Cc1ccc(-c2cc(C(=O)O)c(C)n2-c2cccnc2)cc1C. The number of aromatic nitrogens is 2. The summed E-state index contributed by atoms with van der Waals surface area (Å²) in [7, 11) is 0. The van der Waals surface area contributed by atoms with Crippen molar-refractivity contribution in [3.63, 3.8) is 0 Å². The van der Waals surface area contributed by atoms with Gasteiger partial charge in [0.15, 0.2) is 0 Å². The summed E-state index contributed by atoms with van der Waals surface area (Å²) in [6.07, 6.45) is 3.44. The van der Waals surface area contributed by atoms with E-state index in [9.17, 15) is 9.90 Å². The van der Waals surface area contributed by atoms with Gasteiger partial charge in [-0.2, -0.15) is 0 Å². The molecule has 0 aliphatic heterocycles. The topological polar surface area (TPSA) is 55.1 Å². The van der Waals surface area contributed by atoms with Crippen LogP contribution in [0.2, 0.25) is 0 Å². The molecule has 3 aromatic rings. The van der Waals surface area contributed by atoms with E-state index in [4.69, 9.17) is 0 Å². The van der Waals surface area contributed by atoms with E-state index in [0.717, 1.165) is 16.9 Å². The smallest absolute Gasteiger partial charge is 0.337 e. The lowest BCUT2D eigenvalue weighted by atomic mass is 10.0. The molecule has 1 N–H and O–H groups in total. The van der Waals surface area contributed by atoms with Crippen molar-refractivity contribution in [2.24, 2.45) is 0 Å². The van der Waals surface area contributed by atoms with Crippen LogP contribution < -0.4 is 0 Å². The lowest BCUT2D eigenvalue weighted by molar-refractivity contribution is 0.0696. The van der Waals surface area contributed by atoms with Gasteiger partial charge in [0.2, 0.25) is 0 Å². The van der Waals surface area contributed by atoms with Crippen molar-refractivity contribution in [1.82, 2.24) is 9.55 Å². The molecule has 2 heterocycles. The molecular weight excluding hydrogens is 288 g/mol. The lowest BCUT2D eigenvalue weighted by Gasteiger charge is -2.12. The molecule has 0 unspecified atom stereocenters. The van der Waals surface area contributed by atoms with Crippen molar-refractivity contribution in [2.75, 3.05) is 0 Å². The van der Waals surface area contributed by atoms with Gasteiger partial charge in [-0.25, -0.2) is 4.79 Å². The van der Waals surface area contributed by atoms with E-state index in [1.165, 1.54) is 11.1 Å². The van der Waals surface area contributed by atoms with E-state index in [2.05, 4.69) is 31.0 Å². The zero-order valence-electron chi connectivity index (χ0n) is 13.4. The normalized spacial score (nSPS) is 10.7. The van der Waals surface area contributed by atoms with Crippen molar-refractivity contribution in [3.05, 3.63) is 71.2 Å². The van der Waals surface area contributed by atoms with Gasteiger partial charge in [-0.1, -0.05) is 12.1 Å². The van der Waals surface area contributed by atoms with Gasteiger partial charge in [0.05, 0.1) is 23.1 Å². The second-order valence-corrected chi connectivity index (χ2v) is 5.68. The van der Waals surface area contributed by atoms with Crippen molar-refractivity contribution >= 4 is 5.97 Å². The number of rotatable bonds is 3. The fraction of sp³-hybridized carbons (Fsp3) is 0.158. The number of benzene rings is 1. The molecule has 0 radical (unpaired) electrons. The number of hydrogen-bond donors (Lipinski definition) is 1. The van der Waals surface area contributed by atoms with Gasteiger partial charge in [-0.05, 0) is 61.7 Å². The van der Waals surface area contributed by atoms with Crippen molar-refractivity contribution in [1.29, 1.82) is 0 Å². The second-order valence-electron chi connectivity index (χ2n) is 5.68. The quantitative estimate of drug-likeness (QED) is 0.790. The Hall–Kier alpha value is -2.88.